The van der Waals surface area contributed by atoms with Crippen molar-refractivity contribution in [3.05, 3.63) is 108 Å². The zero-order chi connectivity index (χ0) is 24.7. The van der Waals surface area contributed by atoms with Crippen LogP contribution in [0, 0.1) is 11.2 Å². The fourth-order valence-corrected chi connectivity index (χ4v) is 4.35. The number of anilines is 1. The van der Waals surface area contributed by atoms with Gasteiger partial charge < -0.3 is 9.88 Å². The van der Waals surface area contributed by atoms with Crippen LogP contribution in [0.15, 0.2) is 102 Å². The molecular weight excluding hydrogens is 425 g/mol. The van der Waals surface area contributed by atoms with Gasteiger partial charge in [0.2, 0.25) is 5.91 Å². The van der Waals surface area contributed by atoms with E-state index in [1.54, 1.807) is 12.1 Å². The molecule has 5 heteroatoms. The molecular formula is C29H34FN3O. The highest BCUT2D eigenvalue weighted by atomic mass is 19.1. The second-order valence-corrected chi connectivity index (χ2v) is 9.51. The first-order valence-electron chi connectivity index (χ1n) is 11.6. The third kappa shape index (κ3) is 6.53. The number of carbonyl (C=O) groups excluding carboxylic acids is 1. The fraction of sp³-hybridized carbons (Fsp3) is 0.310. The molecule has 0 aliphatic heterocycles. The van der Waals surface area contributed by atoms with Gasteiger partial charge in [0.05, 0.1) is 18.1 Å². The van der Waals surface area contributed by atoms with E-state index in [4.69, 9.17) is 0 Å². The van der Waals surface area contributed by atoms with Gasteiger partial charge in [0.25, 0.3) is 0 Å². The zero-order valence-electron chi connectivity index (χ0n) is 20.7. The van der Waals surface area contributed by atoms with Crippen LogP contribution >= 0.6 is 0 Å². The van der Waals surface area contributed by atoms with Crippen LogP contribution in [-0.4, -0.2) is 15.5 Å². The van der Waals surface area contributed by atoms with Gasteiger partial charge in [-0.05, 0) is 67.9 Å². The highest BCUT2D eigenvalue weighted by Crippen LogP contribution is 2.45. The maximum Gasteiger partial charge on any atom is 0.248 e. The quantitative estimate of drug-likeness (QED) is 0.348. The summed E-state index contributed by atoms with van der Waals surface area (Å²) < 4.78 is 15.9. The number of hydrogen-bond donors (Lipinski definition) is 1. The van der Waals surface area contributed by atoms with E-state index in [1.165, 1.54) is 29.4 Å². The van der Waals surface area contributed by atoms with Gasteiger partial charge in [-0.2, -0.15) is 0 Å². The maximum absolute atomic E-state index is 13.7. The van der Waals surface area contributed by atoms with E-state index in [0.29, 0.717) is 6.04 Å². The molecule has 0 saturated heterocycles. The average molecular weight is 460 g/mol. The van der Waals surface area contributed by atoms with E-state index in [1.807, 2.05) is 43.9 Å². The van der Waals surface area contributed by atoms with Gasteiger partial charge >= 0.3 is 0 Å². The molecule has 0 spiro atoms. The fourth-order valence-electron chi connectivity index (χ4n) is 4.35. The van der Waals surface area contributed by atoms with E-state index < -0.39 is 5.82 Å². The summed E-state index contributed by atoms with van der Waals surface area (Å²) in [6.07, 6.45) is 19.6. The number of rotatable bonds is 7. The number of carbonyl (C=O) groups is 1. The SMILES string of the molecule is CC(C=CC1=C(C)C(n2ccnc2)CCC1(C)C)=CC=CC(C)=CC(=O)Nc1ccccc1F. The first kappa shape index (κ1) is 25.2. The Balaban J connectivity index is 1.67. The van der Waals surface area contributed by atoms with Crippen LogP contribution in [0.4, 0.5) is 10.1 Å². The number of halogens is 1. The molecule has 1 aliphatic rings. The predicted molar refractivity (Wildman–Crippen MR) is 138 cm³/mol. The molecule has 1 atom stereocenters. The van der Waals surface area contributed by atoms with Gasteiger partial charge in [-0.15, -0.1) is 0 Å². The lowest BCUT2D eigenvalue weighted by atomic mass is 9.71. The number of aromatic nitrogens is 2. The standard InChI is InChI=1S/C29H34FN3O/c1-21(9-8-10-22(2)19-28(34)32-26-12-7-6-11-25(26)30)13-14-24-23(3)27(15-16-29(24,4)5)33-18-17-31-20-33/h6-14,17-20,27H,15-16H2,1-5H3,(H,32,34). The molecule has 1 heterocycles. The van der Waals surface area contributed by atoms with Gasteiger partial charge in [0.15, 0.2) is 0 Å². The molecule has 3 rings (SSSR count). The predicted octanol–water partition coefficient (Wildman–Crippen LogP) is 7.34. The monoisotopic (exact) mass is 459 g/mol. The number of amides is 1. The van der Waals surface area contributed by atoms with Crippen LogP contribution in [-0.2, 0) is 4.79 Å². The number of nitrogens with one attached hydrogen (secondary N) is 1. The van der Waals surface area contributed by atoms with Crippen LogP contribution in [0.25, 0.3) is 0 Å². The Bertz CT molecular complexity index is 1160. The minimum atomic E-state index is -0.453. The number of benzene rings is 1. The lowest BCUT2D eigenvalue weighted by molar-refractivity contribution is -0.112. The Kier molecular flexibility index (Phi) is 8.21. The highest BCUT2D eigenvalue weighted by Gasteiger charge is 2.32. The summed E-state index contributed by atoms with van der Waals surface area (Å²) in [5.74, 6) is -0.812. The number of nitrogens with zero attached hydrogens (tertiary/aromatic N) is 2. The molecule has 1 aromatic heterocycles. The van der Waals surface area contributed by atoms with Crippen molar-refractivity contribution in [2.45, 2.75) is 53.5 Å². The molecule has 0 saturated carbocycles. The summed E-state index contributed by atoms with van der Waals surface area (Å²) in [7, 11) is 0. The number of allylic oxidation sites excluding steroid dienone is 9. The van der Waals surface area contributed by atoms with Crippen molar-refractivity contribution in [2.75, 3.05) is 5.32 Å². The molecule has 0 bridgehead atoms. The van der Waals surface area contributed by atoms with E-state index in [-0.39, 0.29) is 17.0 Å². The molecule has 0 fully saturated rings. The summed E-state index contributed by atoms with van der Waals surface area (Å²) in [5.41, 5.74) is 4.94. The summed E-state index contributed by atoms with van der Waals surface area (Å²) in [4.78, 5) is 16.3. The number of hydrogen-bond acceptors (Lipinski definition) is 2. The molecule has 1 amide bonds. The lowest BCUT2D eigenvalue weighted by Crippen LogP contribution is -2.25. The molecule has 1 aliphatic carbocycles. The normalized spacial score (nSPS) is 19.3. The largest absolute Gasteiger partial charge is 0.330 e. The van der Waals surface area contributed by atoms with Gasteiger partial charge in [-0.1, -0.05) is 61.9 Å². The second-order valence-electron chi connectivity index (χ2n) is 9.51. The summed E-state index contributed by atoms with van der Waals surface area (Å²) in [6.45, 7) is 10.7. The van der Waals surface area contributed by atoms with Crippen molar-refractivity contribution in [1.82, 2.24) is 9.55 Å². The van der Waals surface area contributed by atoms with E-state index in [9.17, 15) is 9.18 Å². The maximum atomic E-state index is 13.7. The first-order valence-corrected chi connectivity index (χ1v) is 11.6. The molecule has 0 radical (unpaired) electrons. The summed E-state index contributed by atoms with van der Waals surface area (Å²) in [5, 5.41) is 2.56. The van der Waals surface area contributed by atoms with Crippen molar-refractivity contribution in [3.8, 4) is 0 Å². The number of para-hydroxylation sites is 1. The second kappa shape index (κ2) is 11.1. The Morgan fingerprint density at radius 1 is 1.21 bits per heavy atom. The Morgan fingerprint density at radius 2 is 1.97 bits per heavy atom. The van der Waals surface area contributed by atoms with E-state index in [0.717, 1.165) is 24.0 Å². The Labute approximate surface area is 202 Å². The van der Waals surface area contributed by atoms with Crippen molar-refractivity contribution in [3.63, 3.8) is 0 Å². The smallest absolute Gasteiger partial charge is 0.248 e. The third-order valence-electron chi connectivity index (χ3n) is 6.30. The van der Waals surface area contributed by atoms with Crippen molar-refractivity contribution >= 4 is 11.6 Å². The van der Waals surface area contributed by atoms with Crippen LogP contribution in [0.2, 0.25) is 0 Å². The van der Waals surface area contributed by atoms with Crippen LogP contribution in [0.1, 0.15) is 53.5 Å². The minimum absolute atomic E-state index is 0.124. The molecule has 4 nitrogen and oxygen atoms in total. The van der Waals surface area contributed by atoms with Crippen molar-refractivity contribution in [2.24, 2.45) is 5.41 Å². The lowest BCUT2D eigenvalue weighted by Gasteiger charge is -2.37. The van der Waals surface area contributed by atoms with Gasteiger partial charge in [-0.3, -0.25) is 4.79 Å². The van der Waals surface area contributed by atoms with Gasteiger partial charge in [-0.25, -0.2) is 9.37 Å². The topological polar surface area (TPSA) is 46.9 Å². The molecule has 1 N–H and O–H groups in total. The van der Waals surface area contributed by atoms with E-state index >= 15 is 0 Å². The molecule has 1 unspecified atom stereocenters. The molecule has 1 aromatic carbocycles. The van der Waals surface area contributed by atoms with Gasteiger partial charge in [0.1, 0.15) is 5.82 Å². The summed E-state index contributed by atoms with van der Waals surface area (Å²) in [6, 6.07) is 6.47. The Hall–Kier alpha value is -3.47. The molecule has 34 heavy (non-hydrogen) atoms. The minimum Gasteiger partial charge on any atom is -0.330 e. The van der Waals surface area contributed by atoms with E-state index in [2.05, 4.69) is 54.7 Å². The van der Waals surface area contributed by atoms with Crippen LogP contribution < -0.4 is 5.32 Å². The highest BCUT2D eigenvalue weighted by molar-refractivity contribution is 6.00. The van der Waals surface area contributed by atoms with Crippen molar-refractivity contribution < 1.29 is 9.18 Å². The zero-order valence-corrected chi connectivity index (χ0v) is 20.7. The molecule has 2 aromatic rings. The van der Waals surface area contributed by atoms with Gasteiger partial charge in [0, 0.05) is 18.5 Å². The number of imidazole rings is 1. The third-order valence-corrected chi connectivity index (χ3v) is 6.30. The van der Waals surface area contributed by atoms with Crippen molar-refractivity contribution in [1.29, 1.82) is 0 Å². The van der Waals surface area contributed by atoms with Crippen LogP contribution in [0.3, 0.4) is 0 Å². The first-order chi connectivity index (χ1) is 16.2. The molecule has 178 valence electrons. The summed E-state index contributed by atoms with van der Waals surface area (Å²) >= 11 is 0. The van der Waals surface area contributed by atoms with Crippen LogP contribution in [0.5, 0.6) is 0 Å². The average Bonchev–Trinajstić information content (AvgIpc) is 3.29. The Morgan fingerprint density at radius 3 is 2.68 bits per heavy atom.